The topological polar surface area (TPSA) is 43.7 Å². The van der Waals surface area contributed by atoms with Crippen LogP contribution in [0.5, 0.6) is 0 Å². The molecular formula is C13H16F3NO2. The first kappa shape index (κ1) is 14.3. The van der Waals surface area contributed by atoms with Crippen molar-refractivity contribution in [3.63, 3.8) is 0 Å². The molecule has 0 spiro atoms. The van der Waals surface area contributed by atoms with Gasteiger partial charge in [-0.25, -0.2) is 0 Å². The van der Waals surface area contributed by atoms with Gasteiger partial charge >= 0.3 is 6.18 Å². The van der Waals surface area contributed by atoms with Crippen molar-refractivity contribution in [3.8, 4) is 0 Å². The summed E-state index contributed by atoms with van der Waals surface area (Å²) in [5.74, 6) is 0. The molecular weight excluding hydrogens is 259 g/mol. The van der Waals surface area contributed by atoms with Crippen LogP contribution in [0.3, 0.4) is 0 Å². The van der Waals surface area contributed by atoms with Crippen molar-refractivity contribution in [2.24, 2.45) is 5.41 Å². The predicted octanol–water partition coefficient (Wildman–Crippen LogP) is 1.40. The van der Waals surface area contributed by atoms with Gasteiger partial charge in [-0.1, -0.05) is 30.3 Å². The molecule has 3 nitrogen and oxygen atoms in total. The molecule has 0 radical (unpaired) electrons. The smallest absolute Gasteiger partial charge is 0.395 e. The quantitative estimate of drug-likeness (QED) is 0.876. The number of likely N-dealkylation sites (tertiary alicyclic amines) is 1. The van der Waals surface area contributed by atoms with Crippen molar-refractivity contribution in [1.29, 1.82) is 0 Å². The Kier molecular flexibility index (Phi) is 3.85. The molecule has 1 heterocycles. The zero-order chi connectivity index (χ0) is 14.1. The van der Waals surface area contributed by atoms with Crippen molar-refractivity contribution in [2.75, 3.05) is 19.7 Å². The molecule has 1 fully saturated rings. The lowest BCUT2D eigenvalue weighted by atomic mass is 9.85. The lowest BCUT2D eigenvalue weighted by Gasteiger charge is -2.32. The van der Waals surface area contributed by atoms with E-state index in [1.54, 1.807) is 0 Å². The monoisotopic (exact) mass is 275 g/mol. The maximum Gasteiger partial charge on any atom is 0.400 e. The average Bonchev–Trinajstić information content (AvgIpc) is 2.67. The van der Waals surface area contributed by atoms with Gasteiger partial charge in [-0.15, -0.1) is 0 Å². The first-order chi connectivity index (χ1) is 8.89. The molecule has 6 heteroatoms. The van der Waals surface area contributed by atoms with E-state index in [0.717, 1.165) is 5.56 Å². The Bertz CT molecular complexity index is 424. The number of hydrogen-bond acceptors (Lipinski definition) is 3. The molecule has 2 rings (SSSR count). The number of β-amino-alcohol motifs (C(OH)–C–C–N with tert-alkyl or cyclic N) is 1. The molecule has 0 bridgehead atoms. The van der Waals surface area contributed by atoms with Gasteiger partial charge in [-0.2, -0.15) is 13.2 Å². The number of hydrogen-bond donors (Lipinski definition) is 2. The molecule has 1 aliphatic rings. The highest BCUT2D eigenvalue weighted by atomic mass is 19.4. The number of nitrogens with zero attached hydrogens (tertiary/aromatic N) is 1. The second-order valence-corrected chi connectivity index (χ2v) is 4.98. The maximum absolute atomic E-state index is 13.0. The van der Waals surface area contributed by atoms with Gasteiger partial charge in [-0.05, 0) is 5.56 Å². The fraction of sp³-hybridized carbons (Fsp3) is 0.538. The lowest BCUT2D eigenvalue weighted by Crippen LogP contribution is -2.50. The molecule has 0 saturated carbocycles. The van der Waals surface area contributed by atoms with Crippen LogP contribution in [0.1, 0.15) is 5.56 Å². The van der Waals surface area contributed by atoms with Gasteiger partial charge in [-0.3, -0.25) is 4.90 Å². The number of alkyl halides is 3. The number of halogens is 3. The van der Waals surface area contributed by atoms with Crippen LogP contribution in [0.4, 0.5) is 13.2 Å². The minimum absolute atomic E-state index is 0.0883. The second-order valence-electron chi connectivity index (χ2n) is 4.98. The first-order valence-corrected chi connectivity index (χ1v) is 6.01. The molecule has 1 aliphatic heterocycles. The van der Waals surface area contributed by atoms with Crippen LogP contribution < -0.4 is 0 Å². The summed E-state index contributed by atoms with van der Waals surface area (Å²) in [5, 5.41) is 18.8. The van der Waals surface area contributed by atoms with Crippen LogP contribution >= 0.6 is 0 Å². The molecule has 0 aromatic heterocycles. The van der Waals surface area contributed by atoms with Gasteiger partial charge < -0.3 is 10.2 Å². The summed E-state index contributed by atoms with van der Waals surface area (Å²) in [5.41, 5.74) is -1.55. The molecule has 1 saturated heterocycles. The summed E-state index contributed by atoms with van der Waals surface area (Å²) in [6.45, 7) is -1.24. The number of rotatable bonds is 3. The summed E-state index contributed by atoms with van der Waals surface area (Å²) in [4.78, 5) is 1.52. The molecule has 0 amide bonds. The van der Waals surface area contributed by atoms with Crippen molar-refractivity contribution < 1.29 is 23.4 Å². The van der Waals surface area contributed by atoms with Crippen molar-refractivity contribution in [1.82, 2.24) is 4.90 Å². The van der Waals surface area contributed by atoms with Gasteiger partial charge in [0.1, 0.15) is 5.41 Å². The molecule has 19 heavy (non-hydrogen) atoms. The third kappa shape index (κ3) is 2.61. The summed E-state index contributed by atoms with van der Waals surface area (Å²) < 4.78 is 39.1. The number of benzene rings is 1. The van der Waals surface area contributed by atoms with Crippen LogP contribution in [0.25, 0.3) is 0 Å². The normalized spacial score (nSPS) is 28.8. The van der Waals surface area contributed by atoms with E-state index in [4.69, 9.17) is 5.11 Å². The Morgan fingerprint density at radius 3 is 2.37 bits per heavy atom. The number of aliphatic hydroxyl groups is 2. The summed E-state index contributed by atoms with van der Waals surface area (Å²) in [6, 6.07) is 9.09. The fourth-order valence-corrected chi connectivity index (χ4v) is 2.47. The Morgan fingerprint density at radius 1 is 1.26 bits per heavy atom. The molecule has 106 valence electrons. The fourth-order valence-electron chi connectivity index (χ4n) is 2.47. The van der Waals surface area contributed by atoms with Crippen molar-refractivity contribution in [3.05, 3.63) is 35.9 Å². The lowest BCUT2D eigenvalue weighted by molar-refractivity contribution is -0.253. The minimum atomic E-state index is -4.62. The Hall–Kier alpha value is -1.11. The second kappa shape index (κ2) is 5.11. The maximum atomic E-state index is 13.0. The first-order valence-electron chi connectivity index (χ1n) is 6.01. The highest BCUT2D eigenvalue weighted by molar-refractivity contribution is 5.15. The van der Waals surface area contributed by atoms with Gasteiger partial charge in [0.15, 0.2) is 0 Å². The van der Waals surface area contributed by atoms with Gasteiger partial charge in [0.05, 0.1) is 12.7 Å². The number of aliphatic hydroxyl groups excluding tert-OH is 2. The van der Waals surface area contributed by atoms with Crippen LogP contribution in [-0.4, -0.2) is 47.1 Å². The third-order valence-electron chi connectivity index (χ3n) is 3.67. The third-order valence-corrected chi connectivity index (χ3v) is 3.67. The molecule has 1 aromatic rings. The standard InChI is InChI=1S/C13H16F3NO2/c14-13(15,16)12(9-18)8-17(7-11(12)19)6-10-4-2-1-3-5-10/h1-5,11,18-19H,6-9H2. The molecule has 1 aromatic carbocycles. The Balaban J connectivity index is 2.13. The van der Waals surface area contributed by atoms with Crippen molar-refractivity contribution >= 4 is 0 Å². The summed E-state index contributed by atoms with van der Waals surface area (Å²) in [6.07, 6.45) is -6.21. The van der Waals surface area contributed by atoms with Crippen LogP contribution in [0, 0.1) is 5.41 Å². The molecule has 0 aliphatic carbocycles. The van der Waals surface area contributed by atoms with E-state index in [1.807, 2.05) is 30.3 Å². The van der Waals surface area contributed by atoms with Crippen LogP contribution in [0.2, 0.25) is 0 Å². The van der Waals surface area contributed by atoms with Gasteiger partial charge in [0, 0.05) is 19.6 Å². The van der Waals surface area contributed by atoms with E-state index in [0.29, 0.717) is 6.54 Å². The van der Waals surface area contributed by atoms with E-state index in [-0.39, 0.29) is 13.1 Å². The van der Waals surface area contributed by atoms with E-state index in [1.165, 1.54) is 4.90 Å². The van der Waals surface area contributed by atoms with Crippen LogP contribution in [0.15, 0.2) is 30.3 Å². The molecule has 2 N–H and O–H groups in total. The van der Waals surface area contributed by atoms with Gasteiger partial charge in [0.25, 0.3) is 0 Å². The molecule has 2 atom stereocenters. The Morgan fingerprint density at radius 2 is 1.89 bits per heavy atom. The molecule has 2 unspecified atom stereocenters. The largest absolute Gasteiger partial charge is 0.400 e. The van der Waals surface area contributed by atoms with Crippen molar-refractivity contribution in [2.45, 2.75) is 18.8 Å². The SMILES string of the molecule is OCC1(C(F)(F)F)CN(Cc2ccccc2)CC1O. The van der Waals surface area contributed by atoms with E-state index < -0.39 is 24.3 Å². The van der Waals surface area contributed by atoms with E-state index in [9.17, 15) is 18.3 Å². The zero-order valence-electron chi connectivity index (χ0n) is 10.3. The highest BCUT2D eigenvalue weighted by Crippen LogP contribution is 2.45. The van der Waals surface area contributed by atoms with Crippen LogP contribution in [-0.2, 0) is 6.54 Å². The van der Waals surface area contributed by atoms with Gasteiger partial charge in [0.2, 0.25) is 0 Å². The Labute approximate surface area is 109 Å². The van der Waals surface area contributed by atoms with E-state index in [2.05, 4.69) is 0 Å². The highest BCUT2D eigenvalue weighted by Gasteiger charge is 2.62. The summed E-state index contributed by atoms with van der Waals surface area (Å²) >= 11 is 0. The minimum Gasteiger partial charge on any atom is -0.395 e. The average molecular weight is 275 g/mol. The zero-order valence-corrected chi connectivity index (χ0v) is 10.3. The van der Waals surface area contributed by atoms with E-state index >= 15 is 0 Å². The summed E-state index contributed by atoms with van der Waals surface area (Å²) in [7, 11) is 0. The predicted molar refractivity (Wildman–Crippen MR) is 63.3 cm³/mol.